The normalized spacial score (nSPS) is 20.3. The minimum atomic E-state index is 0.366. The van der Waals surface area contributed by atoms with Crippen LogP contribution >= 0.6 is 23.3 Å². The van der Waals surface area contributed by atoms with E-state index in [4.69, 9.17) is 0 Å². The minimum Gasteiger partial charge on any atom is -0.338 e. The summed E-state index contributed by atoms with van der Waals surface area (Å²) in [7, 11) is 1.96. The first-order valence-electron chi connectivity index (χ1n) is 5.87. The highest BCUT2D eigenvalue weighted by molar-refractivity contribution is 7.99. The maximum absolute atomic E-state index is 4.51. The molecule has 7 heteroatoms. The topological polar surface area (TPSA) is 46.8 Å². The van der Waals surface area contributed by atoms with E-state index in [0.717, 1.165) is 29.0 Å². The Balaban J connectivity index is 1.90. The standard InChI is InChI=1S/C11H15N5S2/c1-8-13-11(18-14-8)16-3-4-17-7-10(16)9-5-12-15(2)6-9/h5-6,10H,3-4,7H2,1-2H3. The Hall–Kier alpha value is -1.08. The van der Waals surface area contributed by atoms with E-state index in [1.165, 1.54) is 17.1 Å². The summed E-state index contributed by atoms with van der Waals surface area (Å²) in [6.07, 6.45) is 4.05. The first-order valence-corrected chi connectivity index (χ1v) is 7.80. The van der Waals surface area contributed by atoms with E-state index in [1.807, 2.05) is 36.6 Å². The van der Waals surface area contributed by atoms with Crippen LogP contribution in [0.1, 0.15) is 17.4 Å². The van der Waals surface area contributed by atoms with Crippen molar-refractivity contribution in [3.8, 4) is 0 Å². The van der Waals surface area contributed by atoms with Gasteiger partial charge in [0.2, 0.25) is 5.13 Å². The fraction of sp³-hybridized carbons (Fsp3) is 0.545. The highest BCUT2D eigenvalue weighted by Gasteiger charge is 2.27. The lowest BCUT2D eigenvalue weighted by Crippen LogP contribution is -2.36. The molecule has 1 aliphatic rings. The predicted molar refractivity (Wildman–Crippen MR) is 75.3 cm³/mol. The summed E-state index contributed by atoms with van der Waals surface area (Å²) >= 11 is 3.48. The number of nitrogens with zero attached hydrogens (tertiary/aromatic N) is 5. The summed E-state index contributed by atoms with van der Waals surface area (Å²) in [6, 6.07) is 0.366. The van der Waals surface area contributed by atoms with E-state index in [1.54, 1.807) is 0 Å². The minimum absolute atomic E-state index is 0.366. The average molecular weight is 281 g/mol. The number of hydrogen-bond acceptors (Lipinski definition) is 6. The summed E-state index contributed by atoms with van der Waals surface area (Å²) in [5.74, 6) is 3.10. The lowest BCUT2D eigenvalue weighted by molar-refractivity contribution is 0.681. The number of anilines is 1. The molecule has 0 aliphatic carbocycles. The molecule has 0 N–H and O–H groups in total. The number of hydrogen-bond donors (Lipinski definition) is 0. The molecule has 3 rings (SSSR count). The van der Waals surface area contributed by atoms with Crippen LogP contribution in [0.2, 0.25) is 0 Å². The van der Waals surface area contributed by atoms with Crippen molar-refractivity contribution in [1.29, 1.82) is 0 Å². The number of aromatic nitrogens is 4. The van der Waals surface area contributed by atoms with Gasteiger partial charge in [0.25, 0.3) is 0 Å². The summed E-state index contributed by atoms with van der Waals surface area (Å²) in [4.78, 5) is 6.87. The first kappa shape index (κ1) is 12.0. The van der Waals surface area contributed by atoms with Gasteiger partial charge in [-0.15, -0.1) is 0 Å². The largest absolute Gasteiger partial charge is 0.338 e. The molecule has 0 radical (unpaired) electrons. The van der Waals surface area contributed by atoms with Crippen molar-refractivity contribution in [1.82, 2.24) is 19.1 Å². The van der Waals surface area contributed by atoms with Crippen LogP contribution in [0.4, 0.5) is 5.13 Å². The van der Waals surface area contributed by atoms with E-state index in [9.17, 15) is 0 Å². The number of rotatable bonds is 2. The summed E-state index contributed by atoms with van der Waals surface area (Å²) in [6.45, 7) is 2.97. The van der Waals surface area contributed by atoms with Gasteiger partial charge >= 0.3 is 0 Å². The molecule has 3 heterocycles. The Morgan fingerprint density at radius 2 is 2.33 bits per heavy atom. The Bertz CT molecular complexity index is 487. The fourth-order valence-electron chi connectivity index (χ4n) is 2.12. The number of thioether (sulfide) groups is 1. The molecule has 1 aliphatic heterocycles. The molecule has 2 aromatic rings. The predicted octanol–water partition coefficient (Wildman–Crippen LogP) is 1.87. The number of aryl methyl sites for hydroxylation is 2. The third-order valence-electron chi connectivity index (χ3n) is 3.00. The molecule has 1 saturated heterocycles. The zero-order chi connectivity index (χ0) is 12.5. The van der Waals surface area contributed by atoms with E-state index < -0.39 is 0 Å². The van der Waals surface area contributed by atoms with Crippen LogP contribution in [0, 0.1) is 6.92 Å². The third-order valence-corrected chi connectivity index (χ3v) is 4.87. The Morgan fingerprint density at radius 1 is 1.44 bits per heavy atom. The summed E-state index contributed by atoms with van der Waals surface area (Å²) in [5.41, 5.74) is 1.26. The molecule has 0 amide bonds. The molecule has 0 bridgehead atoms. The van der Waals surface area contributed by atoms with Gasteiger partial charge in [0.05, 0.1) is 12.2 Å². The molecule has 0 aromatic carbocycles. The molecule has 1 atom stereocenters. The Morgan fingerprint density at radius 3 is 3.00 bits per heavy atom. The highest BCUT2D eigenvalue weighted by atomic mass is 32.2. The first-order chi connectivity index (χ1) is 8.74. The highest BCUT2D eigenvalue weighted by Crippen LogP contribution is 2.34. The van der Waals surface area contributed by atoms with E-state index in [0.29, 0.717) is 6.04 Å². The van der Waals surface area contributed by atoms with Gasteiger partial charge in [-0.25, -0.2) is 4.98 Å². The fourth-order valence-corrected chi connectivity index (χ4v) is 3.96. The lowest BCUT2D eigenvalue weighted by atomic mass is 10.1. The quantitative estimate of drug-likeness (QED) is 0.841. The maximum atomic E-state index is 4.51. The molecule has 2 aromatic heterocycles. The van der Waals surface area contributed by atoms with Crippen molar-refractivity contribution in [2.45, 2.75) is 13.0 Å². The van der Waals surface area contributed by atoms with Crippen molar-refractivity contribution >= 4 is 28.4 Å². The van der Waals surface area contributed by atoms with Crippen molar-refractivity contribution in [2.24, 2.45) is 7.05 Å². The molecule has 1 fully saturated rings. The molecular weight excluding hydrogens is 266 g/mol. The van der Waals surface area contributed by atoms with Crippen LogP contribution in [0.5, 0.6) is 0 Å². The second-order valence-electron chi connectivity index (χ2n) is 4.36. The van der Waals surface area contributed by atoms with Gasteiger partial charge in [-0.1, -0.05) is 0 Å². The summed E-state index contributed by atoms with van der Waals surface area (Å²) < 4.78 is 6.15. The Kier molecular flexibility index (Phi) is 3.25. The van der Waals surface area contributed by atoms with Gasteiger partial charge in [0.1, 0.15) is 5.82 Å². The zero-order valence-electron chi connectivity index (χ0n) is 10.4. The molecule has 96 valence electrons. The van der Waals surface area contributed by atoms with Crippen LogP contribution in [0.15, 0.2) is 12.4 Å². The molecular formula is C11H15N5S2. The van der Waals surface area contributed by atoms with Crippen LogP contribution in [0.3, 0.4) is 0 Å². The summed E-state index contributed by atoms with van der Waals surface area (Å²) in [5, 5.41) is 5.30. The molecule has 18 heavy (non-hydrogen) atoms. The maximum Gasteiger partial charge on any atom is 0.205 e. The SMILES string of the molecule is Cc1nsc(N2CCSCC2c2cnn(C)c2)n1. The van der Waals surface area contributed by atoms with Gasteiger partial charge in [-0.05, 0) is 6.92 Å². The van der Waals surface area contributed by atoms with Gasteiger partial charge in [0.15, 0.2) is 0 Å². The third kappa shape index (κ3) is 2.24. The molecule has 5 nitrogen and oxygen atoms in total. The van der Waals surface area contributed by atoms with Gasteiger partial charge in [-0.2, -0.15) is 21.2 Å². The molecule has 0 spiro atoms. The lowest BCUT2D eigenvalue weighted by Gasteiger charge is -2.34. The second-order valence-corrected chi connectivity index (χ2v) is 6.24. The molecule has 1 unspecified atom stereocenters. The van der Waals surface area contributed by atoms with Crippen molar-refractivity contribution in [3.63, 3.8) is 0 Å². The van der Waals surface area contributed by atoms with Gasteiger partial charge in [0, 0.05) is 48.4 Å². The van der Waals surface area contributed by atoms with Gasteiger partial charge < -0.3 is 4.90 Å². The molecule has 0 saturated carbocycles. The van der Waals surface area contributed by atoms with Crippen LogP contribution < -0.4 is 4.90 Å². The average Bonchev–Trinajstić information content (AvgIpc) is 2.98. The van der Waals surface area contributed by atoms with Crippen molar-refractivity contribution in [3.05, 3.63) is 23.8 Å². The zero-order valence-corrected chi connectivity index (χ0v) is 12.0. The van der Waals surface area contributed by atoms with Crippen molar-refractivity contribution in [2.75, 3.05) is 23.0 Å². The van der Waals surface area contributed by atoms with E-state index in [-0.39, 0.29) is 0 Å². The Labute approximate surface area is 114 Å². The van der Waals surface area contributed by atoms with Crippen molar-refractivity contribution < 1.29 is 0 Å². The smallest absolute Gasteiger partial charge is 0.205 e. The second kappa shape index (κ2) is 4.89. The van der Waals surface area contributed by atoms with Gasteiger partial charge in [-0.3, -0.25) is 4.68 Å². The van der Waals surface area contributed by atoms with Crippen LogP contribution in [-0.2, 0) is 7.05 Å². The monoisotopic (exact) mass is 281 g/mol. The van der Waals surface area contributed by atoms with E-state index >= 15 is 0 Å². The van der Waals surface area contributed by atoms with E-state index in [2.05, 4.69) is 25.6 Å². The van der Waals surface area contributed by atoms with Crippen LogP contribution in [0.25, 0.3) is 0 Å². The van der Waals surface area contributed by atoms with Crippen LogP contribution in [-0.4, -0.2) is 37.2 Å².